The number of ether oxygens (including phenoxy) is 1. The highest BCUT2D eigenvalue weighted by molar-refractivity contribution is 7.89. The number of sulfonamides is 1. The third-order valence-corrected chi connectivity index (χ3v) is 5.03. The van der Waals surface area contributed by atoms with E-state index in [0.717, 1.165) is 10.7 Å². The number of amides is 1. The van der Waals surface area contributed by atoms with Crippen LogP contribution in [0.15, 0.2) is 23.1 Å². The van der Waals surface area contributed by atoms with Crippen LogP contribution in [0.4, 0.5) is 0 Å². The molecule has 0 saturated heterocycles. The van der Waals surface area contributed by atoms with Crippen molar-refractivity contribution in [2.45, 2.75) is 25.2 Å². The van der Waals surface area contributed by atoms with Gasteiger partial charge in [0.1, 0.15) is 10.6 Å². The van der Waals surface area contributed by atoms with Crippen molar-refractivity contribution in [1.29, 1.82) is 0 Å². The number of rotatable bonds is 7. The van der Waals surface area contributed by atoms with Gasteiger partial charge in [-0.15, -0.1) is 0 Å². The number of nitrogens with zero attached hydrogens (tertiary/aromatic N) is 1. The normalized spacial score (nSPS) is 11.8. The smallest absolute Gasteiger partial charge is 0.251 e. The maximum Gasteiger partial charge on any atom is 0.251 e. The molecule has 1 amide bonds. The van der Waals surface area contributed by atoms with Crippen LogP contribution in [0.25, 0.3) is 0 Å². The molecule has 0 aliphatic rings. The zero-order chi connectivity index (χ0) is 16.9. The second-order valence-electron chi connectivity index (χ2n) is 5.59. The Morgan fingerprint density at radius 1 is 1.32 bits per heavy atom. The lowest BCUT2D eigenvalue weighted by atomic mass is 10.1. The minimum absolute atomic E-state index is 0.0171. The fourth-order valence-electron chi connectivity index (χ4n) is 1.79. The van der Waals surface area contributed by atoms with Gasteiger partial charge in [0, 0.05) is 26.2 Å². The van der Waals surface area contributed by atoms with Gasteiger partial charge in [-0.25, -0.2) is 12.7 Å². The van der Waals surface area contributed by atoms with Crippen molar-refractivity contribution in [3.05, 3.63) is 23.8 Å². The highest BCUT2D eigenvalue weighted by Crippen LogP contribution is 2.26. The SMILES string of the molecule is COc1ccc(C(=O)NCCC(C)C)cc1S(=O)(=O)N(C)C. The van der Waals surface area contributed by atoms with Gasteiger partial charge in [0.05, 0.1) is 7.11 Å². The van der Waals surface area contributed by atoms with Crippen molar-refractivity contribution < 1.29 is 17.9 Å². The third kappa shape index (κ3) is 4.45. The molecule has 0 unspecified atom stereocenters. The summed E-state index contributed by atoms with van der Waals surface area (Å²) in [5.74, 6) is 0.409. The number of carbonyl (C=O) groups is 1. The Morgan fingerprint density at radius 2 is 1.95 bits per heavy atom. The van der Waals surface area contributed by atoms with Gasteiger partial charge in [0.15, 0.2) is 0 Å². The van der Waals surface area contributed by atoms with Gasteiger partial charge in [-0.3, -0.25) is 4.79 Å². The molecule has 6 nitrogen and oxygen atoms in total. The molecule has 0 aliphatic carbocycles. The van der Waals surface area contributed by atoms with Crippen LogP contribution in [0.5, 0.6) is 5.75 Å². The number of methoxy groups -OCH3 is 1. The van der Waals surface area contributed by atoms with E-state index in [9.17, 15) is 13.2 Å². The summed E-state index contributed by atoms with van der Waals surface area (Å²) >= 11 is 0. The number of nitrogens with one attached hydrogen (secondary N) is 1. The quantitative estimate of drug-likeness (QED) is 0.827. The lowest BCUT2D eigenvalue weighted by Gasteiger charge is -2.15. The molecule has 1 aromatic rings. The van der Waals surface area contributed by atoms with Crippen LogP contribution < -0.4 is 10.1 Å². The summed E-state index contributed by atoms with van der Waals surface area (Å²) in [5, 5.41) is 2.79. The first-order valence-corrected chi connectivity index (χ1v) is 8.53. The molecule has 0 radical (unpaired) electrons. The predicted molar refractivity (Wildman–Crippen MR) is 85.7 cm³/mol. The van der Waals surface area contributed by atoms with E-state index in [1.54, 1.807) is 6.07 Å². The van der Waals surface area contributed by atoms with Crippen LogP contribution in [0, 0.1) is 5.92 Å². The Morgan fingerprint density at radius 3 is 2.45 bits per heavy atom. The van der Waals surface area contributed by atoms with Gasteiger partial charge >= 0.3 is 0 Å². The molecule has 0 heterocycles. The molecule has 0 atom stereocenters. The molecule has 0 aromatic heterocycles. The summed E-state index contributed by atoms with van der Waals surface area (Å²) in [4.78, 5) is 12.1. The van der Waals surface area contributed by atoms with Crippen molar-refractivity contribution in [1.82, 2.24) is 9.62 Å². The lowest BCUT2D eigenvalue weighted by molar-refractivity contribution is 0.0951. The minimum Gasteiger partial charge on any atom is -0.495 e. The highest BCUT2D eigenvalue weighted by atomic mass is 32.2. The Hall–Kier alpha value is -1.60. The number of benzene rings is 1. The average molecular weight is 328 g/mol. The Kier molecular flexibility index (Phi) is 6.37. The van der Waals surface area contributed by atoms with Gasteiger partial charge in [0.2, 0.25) is 10.0 Å². The first kappa shape index (κ1) is 18.4. The first-order chi connectivity index (χ1) is 10.2. The van der Waals surface area contributed by atoms with E-state index < -0.39 is 10.0 Å². The Bertz CT molecular complexity index is 624. The summed E-state index contributed by atoms with van der Waals surface area (Å²) in [6, 6.07) is 4.39. The number of hydrogen-bond donors (Lipinski definition) is 1. The zero-order valence-corrected chi connectivity index (χ0v) is 14.5. The second-order valence-corrected chi connectivity index (χ2v) is 7.71. The molecule has 1 N–H and O–H groups in total. The van der Waals surface area contributed by atoms with E-state index >= 15 is 0 Å². The maximum atomic E-state index is 12.3. The van der Waals surface area contributed by atoms with Crippen molar-refractivity contribution in [3.8, 4) is 5.75 Å². The zero-order valence-electron chi connectivity index (χ0n) is 13.7. The molecule has 0 aliphatic heterocycles. The average Bonchev–Trinajstić information content (AvgIpc) is 2.45. The molecular weight excluding hydrogens is 304 g/mol. The minimum atomic E-state index is -3.68. The van der Waals surface area contributed by atoms with Gasteiger partial charge in [0.25, 0.3) is 5.91 Å². The molecule has 0 fully saturated rings. The van der Waals surface area contributed by atoms with E-state index in [1.165, 1.54) is 33.3 Å². The van der Waals surface area contributed by atoms with Gasteiger partial charge in [-0.2, -0.15) is 0 Å². The summed E-state index contributed by atoms with van der Waals surface area (Å²) in [6.07, 6.45) is 0.866. The Labute approximate surface area is 132 Å². The number of hydrogen-bond acceptors (Lipinski definition) is 4. The van der Waals surface area contributed by atoms with Crippen LogP contribution in [0.2, 0.25) is 0 Å². The first-order valence-electron chi connectivity index (χ1n) is 7.09. The van der Waals surface area contributed by atoms with E-state index in [2.05, 4.69) is 19.2 Å². The van der Waals surface area contributed by atoms with Crippen LogP contribution >= 0.6 is 0 Å². The van der Waals surface area contributed by atoms with Crippen molar-refractivity contribution in [3.63, 3.8) is 0 Å². The molecule has 0 spiro atoms. The van der Waals surface area contributed by atoms with Crippen molar-refractivity contribution >= 4 is 15.9 Å². The summed E-state index contributed by atoms with van der Waals surface area (Å²) in [5.41, 5.74) is 0.296. The van der Waals surface area contributed by atoms with Crippen LogP contribution in [0.3, 0.4) is 0 Å². The molecular formula is C15H24N2O4S. The van der Waals surface area contributed by atoms with Crippen molar-refractivity contribution in [2.75, 3.05) is 27.7 Å². The molecule has 1 aromatic carbocycles. The maximum absolute atomic E-state index is 12.3. The van der Waals surface area contributed by atoms with E-state index in [0.29, 0.717) is 18.0 Å². The van der Waals surface area contributed by atoms with Crippen LogP contribution in [-0.2, 0) is 10.0 Å². The summed E-state index contributed by atoms with van der Waals surface area (Å²) in [7, 11) is 0.583. The molecule has 1 rings (SSSR count). The summed E-state index contributed by atoms with van der Waals surface area (Å²) in [6.45, 7) is 4.70. The fraction of sp³-hybridized carbons (Fsp3) is 0.533. The molecule has 22 heavy (non-hydrogen) atoms. The second kappa shape index (κ2) is 7.60. The van der Waals surface area contributed by atoms with Gasteiger partial charge in [-0.05, 0) is 30.5 Å². The van der Waals surface area contributed by atoms with Gasteiger partial charge in [-0.1, -0.05) is 13.8 Å². The monoisotopic (exact) mass is 328 g/mol. The highest BCUT2D eigenvalue weighted by Gasteiger charge is 2.23. The standard InChI is InChI=1S/C15H24N2O4S/c1-11(2)8-9-16-15(18)12-6-7-13(21-5)14(10-12)22(19,20)17(3)4/h6-7,10-11H,8-9H2,1-5H3,(H,16,18). The molecule has 124 valence electrons. The predicted octanol–water partition coefficient (Wildman–Crippen LogP) is 1.72. The molecule has 0 bridgehead atoms. The van der Waals surface area contributed by atoms with E-state index in [1.807, 2.05) is 0 Å². The third-order valence-electron chi connectivity index (χ3n) is 3.19. The molecule has 0 saturated carbocycles. The number of carbonyl (C=O) groups excluding carboxylic acids is 1. The van der Waals surface area contributed by atoms with Crippen molar-refractivity contribution in [2.24, 2.45) is 5.92 Å². The van der Waals surface area contributed by atoms with E-state index in [4.69, 9.17) is 4.74 Å². The lowest BCUT2D eigenvalue weighted by Crippen LogP contribution is -2.26. The van der Waals surface area contributed by atoms with E-state index in [-0.39, 0.29) is 16.6 Å². The fourth-order valence-corrected chi connectivity index (χ4v) is 2.87. The van der Waals surface area contributed by atoms with Crippen LogP contribution in [0.1, 0.15) is 30.6 Å². The largest absolute Gasteiger partial charge is 0.495 e. The molecule has 7 heteroatoms. The Balaban J connectivity index is 3.08. The topological polar surface area (TPSA) is 75.7 Å². The van der Waals surface area contributed by atoms with Crippen LogP contribution in [-0.4, -0.2) is 46.4 Å². The van der Waals surface area contributed by atoms with Gasteiger partial charge < -0.3 is 10.1 Å². The summed E-state index contributed by atoms with van der Waals surface area (Å²) < 4.78 is 30.8.